The van der Waals surface area contributed by atoms with Gasteiger partial charge in [0.2, 0.25) is 11.8 Å². The first-order valence-corrected chi connectivity index (χ1v) is 19.6. The molecule has 2 amide bonds. The fourth-order valence-electron chi connectivity index (χ4n) is 6.01. The van der Waals surface area contributed by atoms with Crippen LogP contribution in [0.25, 0.3) is 0 Å². The van der Waals surface area contributed by atoms with Crippen LogP contribution in [0, 0.1) is 10.8 Å². The third kappa shape index (κ3) is 14.7. The third-order valence-electron chi connectivity index (χ3n) is 8.98. The highest BCUT2D eigenvalue weighted by atomic mass is 28.4. The van der Waals surface area contributed by atoms with Crippen molar-refractivity contribution in [1.82, 2.24) is 10.6 Å². The Morgan fingerprint density at radius 1 is 0.524 bits per heavy atom. The first kappa shape index (κ1) is 41.1. The van der Waals surface area contributed by atoms with Gasteiger partial charge in [-0.2, -0.15) is 0 Å². The van der Waals surface area contributed by atoms with Crippen LogP contribution in [0.4, 0.5) is 0 Å². The Kier molecular flexibility index (Phi) is 21.3. The zero-order chi connectivity index (χ0) is 32.1. The van der Waals surface area contributed by atoms with Gasteiger partial charge in [-0.05, 0) is 62.2 Å². The summed E-state index contributed by atoms with van der Waals surface area (Å²) >= 11 is 0. The number of hydrogen-bond acceptors (Lipinski definition) is 8. The van der Waals surface area contributed by atoms with Crippen molar-refractivity contribution in [2.75, 3.05) is 55.7 Å². The number of hydrogen-bond donors (Lipinski definition) is 2. The van der Waals surface area contributed by atoms with Crippen LogP contribution in [0.3, 0.4) is 0 Å². The molecule has 2 N–H and O–H groups in total. The van der Waals surface area contributed by atoms with E-state index in [0.29, 0.717) is 25.2 Å². The maximum absolute atomic E-state index is 12.2. The summed E-state index contributed by atoms with van der Waals surface area (Å²) < 4.78 is 34.3. The van der Waals surface area contributed by atoms with Gasteiger partial charge >= 0.3 is 17.6 Å². The van der Waals surface area contributed by atoms with Crippen molar-refractivity contribution in [3.05, 3.63) is 0 Å². The van der Waals surface area contributed by atoms with Crippen LogP contribution in [-0.4, -0.2) is 85.2 Å². The highest BCUT2D eigenvalue weighted by Crippen LogP contribution is 2.44. The predicted octanol–water partition coefficient (Wildman–Crippen LogP) is 5.71. The van der Waals surface area contributed by atoms with E-state index < -0.39 is 17.6 Å². The van der Waals surface area contributed by atoms with Gasteiger partial charge in [-0.3, -0.25) is 9.59 Å². The molecule has 0 aliphatic rings. The number of unbranched alkanes of at least 4 members (excludes halogenated alkanes) is 2. The third-order valence-corrected chi connectivity index (χ3v) is 14.6. The SMILES string of the molecule is CCCCC(CCCC)(CCC(CCC[Si](OC)(OC)OC)(CCC[Si](OC)(OC)OC)CNC(C)=O)CNC(C)=O. The Morgan fingerprint density at radius 3 is 1.05 bits per heavy atom. The van der Waals surface area contributed by atoms with Crippen LogP contribution in [0.15, 0.2) is 0 Å². The lowest BCUT2D eigenvalue weighted by Gasteiger charge is -2.41. The molecule has 10 nitrogen and oxygen atoms in total. The van der Waals surface area contributed by atoms with Gasteiger partial charge in [-0.1, -0.05) is 39.5 Å². The molecular formula is C30H64N2O8Si2. The maximum Gasteiger partial charge on any atom is 0.500 e. The fraction of sp³-hybridized carbons (Fsp3) is 0.933. The summed E-state index contributed by atoms with van der Waals surface area (Å²) in [4.78, 5) is 24.3. The number of amides is 2. The van der Waals surface area contributed by atoms with E-state index in [9.17, 15) is 9.59 Å². The van der Waals surface area contributed by atoms with E-state index in [4.69, 9.17) is 26.6 Å². The highest BCUT2D eigenvalue weighted by Gasteiger charge is 2.42. The minimum Gasteiger partial charge on any atom is -0.377 e. The smallest absolute Gasteiger partial charge is 0.377 e. The Labute approximate surface area is 259 Å². The fourth-order valence-corrected chi connectivity index (χ4v) is 9.45. The summed E-state index contributed by atoms with van der Waals surface area (Å²) in [7, 11) is 4.37. The van der Waals surface area contributed by atoms with Crippen molar-refractivity contribution in [2.45, 2.75) is 117 Å². The van der Waals surface area contributed by atoms with E-state index in [0.717, 1.165) is 77.0 Å². The summed E-state index contributed by atoms with van der Waals surface area (Å²) in [5.41, 5.74) is -0.177. The predicted molar refractivity (Wildman–Crippen MR) is 172 cm³/mol. The molecule has 0 aliphatic heterocycles. The molecule has 0 aromatic rings. The largest absolute Gasteiger partial charge is 0.500 e. The first-order valence-electron chi connectivity index (χ1n) is 15.7. The van der Waals surface area contributed by atoms with Crippen LogP contribution < -0.4 is 10.6 Å². The van der Waals surface area contributed by atoms with E-state index in [1.165, 1.54) is 0 Å². The average Bonchev–Trinajstić information content (AvgIpc) is 3.00. The molecule has 0 aromatic carbocycles. The molecule has 0 rings (SSSR count). The lowest BCUT2D eigenvalue weighted by molar-refractivity contribution is -0.120. The molecule has 0 bridgehead atoms. The van der Waals surface area contributed by atoms with E-state index in [1.807, 2.05) is 0 Å². The Hall–Kier alpha value is -0.866. The quantitative estimate of drug-likeness (QED) is 0.110. The molecule has 0 aromatic heterocycles. The monoisotopic (exact) mass is 636 g/mol. The van der Waals surface area contributed by atoms with Crippen LogP contribution in [-0.2, 0) is 36.1 Å². The molecule has 250 valence electrons. The van der Waals surface area contributed by atoms with E-state index >= 15 is 0 Å². The summed E-state index contributed by atoms with van der Waals surface area (Å²) in [6.07, 6.45) is 11.9. The average molecular weight is 637 g/mol. The van der Waals surface area contributed by atoms with Gasteiger partial charge in [0.05, 0.1) is 0 Å². The van der Waals surface area contributed by atoms with Crippen LogP contribution in [0.5, 0.6) is 0 Å². The molecule has 0 unspecified atom stereocenters. The summed E-state index contributed by atoms with van der Waals surface area (Å²) in [6, 6.07) is 1.38. The zero-order valence-electron chi connectivity index (χ0n) is 28.6. The van der Waals surface area contributed by atoms with Gasteiger partial charge in [0.1, 0.15) is 0 Å². The van der Waals surface area contributed by atoms with Gasteiger partial charge in [-0.25, -0.2) is 0 Å². The summed E-state index contributed by atoms with van der Waals surface area (Å²) in [5.74, 6) is -0.0264. The second kappa shape index (κ2) is 21.8. The van der Waals surface area contributed by atoms with E-state index in [-0.39, 0.29) is 22.6 Å². The van der Waals surface area contributed by atoms with Gasteiger partial charge < -0.3 is 37.2 Å². The van der Waals surface area contributed by atoms with Crippen molar-refractivity contribution >= 4 is 29.4 Å². The lowest BCUT2D eigenvalue weighted by Crippen LogP contribution is -2.45. The van der Waals surface area contributed by atoms with Crippen molar-refractivity contribution in [1.29, 1.82) is 0 Å². The minimum atomic E-state index is -2.75. The van der Waals surface area contributed by atoms with Crippen LogP contribution >= 0.6 is 0 Å². The van der Waals surface area contributed by atoms with Gasteiger partial charge in [-0.15, -0.1) is 0 Å². The molecule has 0 aliphatic carbocycles. The molecule has 0 heterocycles. The second-order valence-corrected chi connectivity index (χ2v) is 18.0. The number of rotatable bonds is 27. The van der Waals surface area contributed by atoms with Gasteiger partial charge in [0, 0.05) is 81.7 Å². The molecule has 0 saturated carbocycles. The van der Waals surface area contributed by atoms with Crippen molar-refractivity contribution < 1.29 is 36.1 Å². The lowest BCUT2D eigenvalue weighted by atomic mass is 9.67. The normalized spacial score (nSPS) is 12.9. The topological polar surface area (TPSA) is 114 Å². The highest BCUT2D eigenvalue weighted by molar-refractivity contribution is 6.60. The van der Waals surface area contributed by atoms with Crippen molar-refractivity contribution in [3.8, 4) is 0 Å². The van der Waals surface area contributed by atoms with Crippen LogP contribution in [0.1, 0.15) is 105 Å². The molecule has 0 spiro atoms. The Bertz CT molecular complexity index is 686. The molecule has 42 heavy (non-hydrogen) atoms. The summed E-state index contributed by atoms with van der Waals surface area (Å²) in [6.45, 7) is 8.87. The van der Waals surface area contributed by atoms with Gasteiger partial charge in [0.15, 0.2) is 0 Å². The Morgan fingerprint density at radius 2 is 0.810 bits per heavy atom. The Balaban J connectivity index is 6.40. The van der Waals surface area contributed by atoms with E-state index in [2.05, 4.69) is 24.5 Å². The minimum absolute atomic E-state index is 0.00730. The first-order chi connectivity index (χ1) is 19.9. The zero-order valence-corrected chi connectivity index (χ0v) is 30.6. The van der Waals surface area contributed by atoms with E-state index in [1.54, 1.807) is 56.5 Å². The van der Waals surface area contributed by atoms with Crippen molar-refractivity contribution in [3.63, 3.8) is 0 Å². The number of carbonyl (C=O) groups excluding carboxylic acids is 2. The molecule has 0 radical (unpaired) electrons. The second-order valence-electron chi connectivity index (χ2n) is 11.8. The standard InChI is InChI=1S/C30H64N2O8Si2/c1-11-13-17-29(18-14-12-2,25-31-27(3)33)21-22-30(26-32-28(4)34,19-15-23-41(35-5,36-6)37-7)20-16-24-42(38-8,39-9)40-10/h11-26H2,1-10H3,(H,31,33)(H,32,34). The molecular weight excluding hydrogens is 573 g/mol. The molecule has 12 heteroatoms. The number of carbonyl (C=O) groups is 2. The van der Waals surface area contributed by atoms with Crippen molar-refractivity contribution in [2.24, 2.45) is 10.8 Å². The van der Waals surface area contributed by atoms with Gasteiger partial charge in [0.25, 0.3) is 0 Å². The molecule has 0 atom stereocenters. The molecule has 0 fully saturated rings. The maximum atomic E-state index is 12.2. The number of nitrogens with one attached hydrogen (secondary N) is 2. The summed E-state index contributed by atoms with van der Waals surface area (Å²) in [5, 5.41) is 6.33. The van der Waals surface area contributed by atoms with Crippen LogP contribution in [0.2, 0.25) is 12.1 Å². The molecule has 0 saturated heterocycles.